The Morgan fingerprint density at radius 3 is 2.67 bits per heavy atom. The van der Waals surface area contributed by atoms with Gasteiger partial charge in [-0.15, -0.1) is 0 Å². The molecule has 1 atom stereocenters. The number of nitrogens with zero attached hydrogens (tertiary/aromatic N) is 1. The van der Waals surface area contributed by atoms with Gasteiger partial charge in [0.1, 0.15) is 0 Å². The molecule has 1 N–H and O–H groups in total. The molecule has 4 nitrogen and oxygen atoms in total. The van der Waals surface area contributed by atoms with Gasteiger partial charge in [-0.2, -0.15) is 0 Å². The lowest BCUT2D eigenvalue weighted by molar-refractivity contribution is -0.137. The molecule has 1 aliphatic heterocycles. The summed E-state index contributed by atoms with van der Waals surface area (Å²) in [5.74, 6) is -0.706. The van der Waals surface area contributed by atoms with Gasteiger partial charge in [-0.05, 0) is 33.2 Å². The van der Waals surface area contributed by atoms with Crippen molar-refractivity contribution in [2.45, 2.75) is 44.7 Å². The Morgan fingerprint density at radius 1 is 1.53 bits per heavy atom. The van der Waals surface area contributed by atoms with Crippen molar-refractivity contribution in [3.8, 4) is 0 Å². The van der Waals surface area contributed by atoms with E-state index >= 15 is 0 Å². The van der Waals surface area contributed by atoms with Gasteiger partial charge in [-0.1, -0.05) is 0 Å². The third-order valence-corrected chi connectivity index (χ3v) is 3.24. The molecule has 1 rings (SSSR count). The van der Waals surface area contributed by atoms with Crippen molar-refractivity contribution in [2.24, 2.45) is 0 Å². The van der Waals surface area contributed by atoms with Crippen LogP contribution in [0.2, 0.25) is 0 Å². The highest BCUT2D eigenvalue weighted by Gasteiger charge is 2.22. The fourth-order valence-corrected chi connectivity index (χ4v) is 1.99. The van der Waals surface area contributed by atoms with Crippen LogP contribution in [0.25, 0.3) is 0 Å². The number of hydrogen-bond acceptors (Lipinski definition) is 3. The van der Waals surface area contributed by atoms with Crippen LogP contribution in [0.4, 0.5) is 0 Å². The largest absolute Gasteiger partial charge is 0.481 e. The molecule has 1 heterocycles. The minimum Gasteiger partial charge on any atom is -0.481 e. The van der Waals surface area contributed by atoms with Gasteiger partial charge in [0.2, 0.25) is 0 Å². The summed E-state index contributed by atoms with van der Waals surface area (Å²) >= 11 is 0. The maximum Gasteiger partial charge on any atom is 0.303 e. The van der Waals surface area contributed by atoms with E-state index in [1.807, 2.05) is 0 Å². The number of ether oxygens (including phenoxy) is 1. The summed E-state index contributed by atoms with van der Waals surface area (Å²) < 4.78 is 5.31. The zero-order valence-electron chi connectivity index (χ0n) is 9.61. The van der Waals surface area contributed by atoms with E-state index in [1.54, 1.807) is 0 Å². The Bertz CT molecular complexity index is 202. The molecule has 0 spiro atoms. The summed E-state index contributed by atoms with van der Waals surface area (Å²) in [7, 11) is 2.09. The predicted octanol–water partition coefficient (Wildman–Crippen LogP) is 1.35. The van der Waals surface area contributed by atoms with Gasteiger partial charge in [0.05, 0.1) is 0 Å². The maximum absolute atomic E-state index is 10.5. The highest BCUT2D eigenvalue weighted by Crippen LogP contribution is 2.17. The molecular formula is C11H21NO3. The summed E-state index contributed by atoms with van der Waals surface area (Å²) in [6.45, 7) is 3.76. The first kappa shape index (κ1) is 12.5. The molecule has 0 aromatic heterocycles. The monoisotopic (exact) mass is 215 g/mol. The molecule has 0 aromatic rings. The average Bonchev–Trinajstić information content (AvgIpc) is 2.26. The third kappa shape index (κ3) is 4.18. The summed E-state index contributed by atoms with van der Waals surface area (Å²) in [6.07, 6.45) is 3.11. The minimum absolute atomic E-state index is 0.259. The molecule has 88 valence electrons. The molecule has 0 bridgehead atoms. The maximum atomic E-state index is 10.5. The standard InChI is InChI=1S/C11H21NO3/c1-9(3-4-11(13)14)12(2)10-5-7-15-8-6-10/h9-10H,3-8H2,1-2H3,(H,13,14). The van der Waals surface area contributed by atoms with Gasteiger partial charge in [-0.3, -0.25) is 4.79 Å². The Morgan fingerprint density at radius 2 is 2.13 bits per heavy atom. The van der Waals surface area contributed by atoms with Crippen molar-refractivity contribution in [1.29, 1.82) is 0 Å². The highest BCUT2D eigenvalue weighted by atomic mass is 16.5. The van der Waals surface area contributed by atoms with Crippen LogP contribution in [0.3, 0.4) is 0 Å². The van der Waals surface area contributed by atoms with Crippen molar-refractivity contribution in [3.63, 3.8) is 0 Å². The lowest BCUT2D eigenvalue weighted by atomic mass is 10.0. The number of carboxylic acid groups (broad SMARTS) is 1. The van der Waals surface area contributed by atoms with E-state index in [-0.39, 0.29) is 6.42 Å². The summed E-state index contributed by atoms with van der Waals surface area (Å²) in [5.41, 5.74) is 0. The lowest BCUT2D eigenvalue weighted by Crippen LogP contribution is -2.42. The number of aliphatic carboxylic acids is 1. The van der Waals surface area contributed by atoms with E-state index < -0.39 is 5.97 Å². The van der Waals surface area contributed by atoms with Crippen molar-refractivity contribution in [2.75, 3.05) is 20.3 Å². The van der Waals surface area contributed by atoms with Crippen LogP contribution in [0, 0.1) is 0 Å². The molecule has 0 saturated carbocycles. The minimum atomic E-state index is -0.706. The number of carboxylic acids is 1. The SMILES string of the molecule is CC(CCC(=O)O)N(C)C1CCOCC1. The summed E-state index contributed by atoms with van der Waals surface area (Å²) in [5, 5.41) is 8.62. The highest BCUT2D eigenvalue weighted by molar-refractivity contribution is 5.66. The van der Waals surface area contributed by atoms with Crippen LogP contribution < -0.4 is 0 Å². The first-order chi connectivity index (χ1) is 7.11. The Balaban J connectivity index is 2.30. The molecule has 0 amide bonds. The number of rotatable bonds is 5. The Hall–Kier alpha value is -0.610. The van der Waals surface area contributed by atoms with Gasteiger partial charge in [0, 0.05) is 31.7 Å². The van der Waals surface area contributed by atoms with Gasteiger partial charge < -0.3 is 14.7 Å². The summed E-state index contributed by atoms with van der Waals surface area (Å²) in [6, 6.07) is 0.895. The fourth-order valence-electron chi connectivity index (χ4n) is 1.99. The van der Waals surface area contributed by atoms with Gasteiger partial charge >= 0.3 is 5.97 Å². The predicted molar refractivity (Wildman–Crippen MR) is 57.9 cm³/mol. The first-order valence-electron chi connectivity index (χ1n) is 5.62. The average molecular weight is 215 g/mol. The van der Waals surface area contributed by atoms with Crippen LogP contribution in [-0.4, -0.2) is 48.3 Å². The molecule has 1 fully saturated rings. The van der Waals surface area contributed by atoms with Crippen LogP contribution in [0.15, 0.2) is 0 Å². The van der Waals surface area contributed by atoms with Crippen LogP contribution in [0.5, 0.6) is 0 Å². The molecule has 0 aromatic carbocycles. The van der Waals surface area contributed by atoms with Gasteiger partial charge in [0.15, 0.2) is 0 Å². The van der Waals surface area contributed by atoms with E-state index in [2.05, 4.69) is 18.9 Å². The topological polar surface area (TPSA) is 49.8 Å². The molecular weight excluding hydrogens is 194 g/mol. The van der Waals surface area contributed by atoms with E-state index in [4.69, 9.17) is 9.84 Å². The Labute approximate surface area is 91.2 Å². The first-order valence-corrected chi connectivity index (χ1v) is 5.62. The lowest BCUT2D eigenvalue weighted by Gasteiger charge is -2.35. The smallest absolute Gasteiger partial charge is 0.303 e. The molecule has 1 saturated heterocycles. The van der Waals surface area contributed by atoms with Gasteiger partial charge in [0.25, 0.3) is 0 Å². The van der Waals surface area contributed by atoms with Crippen molar-refractivity contribution >= 4 is 5.97 Å². The molecule has 1 aliphatic rings. The zero-order valence-corrected chi connectivity index (χ0v) is 9.61. The Kier molecular flexibility index (Phi) is 5.05. The van der Waals surface area contributed by atoms with Crippen LogP contribution in [0.1, 0.15) is 32.6 Å². The van der Waals surface area contributed by atoms with Crippen molar-refractivity contribution in [1.82, 2.24) is 4.90 Å². The second-order valence-electron chi connectivity index (χ2n) is 4.29. The van der Waals surface area contributed by atoms with E-state index in [0.717, 1.165) is 32.5 Å². The molecule has 15 heavy (non-hydrogen) atoms. The van der Waals surface area contributed by atoms with E-state index in [9.17, 15) is 4.79 Å². The van der Waals surface area contributed by atoms with Crippen LogP contribution >= 0.6 is 0 Å². The molecule has 1 unspecified atom stereocenters. The third-order valence-electron chi connectivity index (χ3n) is 3.24. The van der Waals surface area contributed by atoms with Crippen molar-refractivity contribution < 1.29 is 14.6 Å². The zero-order chi connectivity index (χ0) is 11.3. The normalized spacial score (nSPS) is 20.5. The number of carbonyl (C=O) groups is 1. The second kappa shape index (κ2) is 6.08. The second-order valence-corrected chi connectivity index (χ2v) is 4.29. The van der Waals surface area contributed by atoms with Gasteiger partial charge in [-0.25, -0.2) is 0 Å². The number of hydrogen-bond donors (Lipinski definition) is 1. The summed E-state index contributed by atoms with van der Waals surface area (Å²) in [4.78, 5) is 12.8. The molecule has 0 radical (unpaired) electrons. The van der Waals surface area contributed by atoms with Crippen molar-refractivity contribution in [3.05, 3.63) is 0 Å². The quantitative estimate of drug-likeness (QED) is 0.752. The molecule has 4 heteroatoms. The van der Waals surface area contributed by atoms with E-state index in [0.29, 0.717) is 12.1 Å². The molecule has 0 aliphatic carbocycles. The fraction of sp³-hybridized carbons (Fsp3) is 0.909. The van der Waals surface area contributed by atoms with Crippen LogP contribution in [-0.2, 0) is 9.53 Å². The van der Waals surface area contributed by atoms with E-state index in [1.165, 1.54) is 0 Å².